The number of nitrogens with zero attached hydrogens (tertiary/aromatic N) is 1. The molecule has 0 aliphatic rings. The summed E-state index contributed by atoms with van der Waals surface area (Å²) in [4.78, 5) is 16.7. The van der Waals surface area contributed by atoms with E-state index in [1.165, 1.54) is 0 Å². The number of rotatable bonds is 4. The molecule has 3 N–H and O–H groups in total. The lowest BCUT2D eigenvalue weighted by Gasteiger charge is -2.14. The van der Waals surface area contributed by atoms with Crippen LogP contribution in [0.4, 0.5) is 0 Å². The molecule has 1 amide bonds. The molecule has 0 spiro atoms. The maximum Gasteiger partial charge on any atom is 0.237 e. The van der Waals surface area contributed by atoms with Crippen LogP contribution >= 0.6 is 36.2 Å². The topological polar surface area (TPSA) is 68.0 Å². The Labute approximate surface area is 118 Å². The molecule has 1 heterocycles. The van der Waals surface area contributed by atoms with Crippen molar-refractivity contribution in [2.75, 3.05) is 0 Å². The van der Waals surface area contributed by atoms with Gasteiger partial charge in [0.25, 0.3) is 0 Å². The zero-order chi connectivity index (χ0) is 11.4. The van der Waals surface area contributed by atoms with E-state index >= 15 is 0 Å². The van der Waals surface area contributed by atoms with Crippen molar-refractivity contribution in [2.24, 2.45) is 11.7 Å². The van der Waals surface area contributed by atoms with Gasteiger partial charge in [-0.05, 0) is 12.8 Å². The highest BCUT2D eigenvalue weighted by molar-refractivity contribution is 7.09. The highest BCUT2D eigenvalue weighted by atomic mass is 35.5. The Balaban J connectivity index is 0. The molecule has 100 valence electrons. The first-order chi connectivity index (χ1) is 7.02. The third-order valence-corrected chi connectivity index (χ3v) is 3.22. The second-order valence-electron chi connectivity index (χ2n) is 3.85. The van der Waals surface area contributed by atoms with Crippen molar-refractivity contribution in [1.29, 1.82) is 0 Å². The SMILES string of the molecule is Cc1ncsc1CNC(=O)[C@H](N)C(C)C.Cl.Cl. The number of aryl methyl sites for hydroxylation is 1. The summed E-state index contributed by atoms with van der Waals surface area (Å²) in [6.07, 6.45) is 0. The van der Waals surface area contributed by atoms with Crippen molar-refractivity contribution >= 4 is 42.1 Å². The summed E-state index contributed by atoms with van der Waals surface area (Å²) in [6, 6.07) is -0.432. The molecule has 1 aromatic heterocycles. The standard InChI is InChI=1S/C10H17N3OS.2ClH/c1-6(2)9(11)10(14)12-4-8-7(3)13-5-15-8;;/h5-6,9H,4,11H2,1-3H3,(H,12,14);2*1H/t9-;;/m1../s1. The molecule has 0 radical (unpaired) electrons. The lowest BCUT2D eigenvalue weighted by molar-refractivity contribution is -0.123. The van der Waals surface area contributed by atoms with E-state index in [0.717, 1.165) is 10.6 Å². The fourth-order valence-corrected chi connectivity index (χ4v) is 1.80. The molecule has 0 aliphatic heterocycles. The van der Waals surface area contributed by atoms with Gasteiger partial charge < -0.3 is 11.1 Å². The summed E-state index contributed by atoms with van der Waals surface area (Å²) in [6.45, 7) is 6.32. The Hall–Kier alpha value is -0.360. The van der Waals surface area contributed by atoms with Gasteiger partial charge in [-0.1, -0.05) is 13.8 Å². The number of halogens is 2. The van der Waals surface area contributed by atoms with Crippen molar-refractivity contribution in [3.05, 3.63) is 16.1 Å². The van der Waals surface area contributed by atoms with Gasteiger partial charge in [-0.25, -0.2) is 4.98 Å². The zero-order valence-corrected chi connectivity index (χ0v) is 12.5. The lowest BCUT2D eigenvalue weighted by atomic mass is 10.1. The van der Waals surface area contributed by atoms with Gasteiger partial charge >= 0.3 is 0 Å². The largest absolute Gasteiger partial charge is 0.350 e. The molecule has 0 aliphatic carbocycles. The fourth-order valence-electron chi connectivity index (χ4n) is 1.08. The Morgan fingerprint density at radius 3 is 2.53 bits per heavy atom. The minimum atomic E-state index is -0.432. The maximum absolute atomic E-state index is 11.5. The lowest BCUT2D eigenvalue weighted by Crippen LogP contribution is -2.43. The number of amides is 1. The molecule has 0 saturated heterocycles. The number of hydrogen-bond acceptors (Lipinski definition) is 4. The molecule has 1 atom stereocenters. The number of aromatic nitrogens is 1. The second-order valence-corrected chi connectivity index (χ2v) is 4.79. The predicted octanol–water partition coefficient (Wildman–Crippen LogP) is 1.89. The van der Waals surface area contributed by atoms with Crippen LogP contribution < -0.4 is 11.1 Å². The van der Waals surface area contributed by atoms with Gasteiger partial charge in [-0.2, -0.15) is 0 Å². The fraction of sp³-hybridized carbons (Fsp3) is 0.600. The van der Waals surface area contributed by atoms with Crippen LogP contribution in [0.1, 0.15) is 24.4 Å². The molecule has 0 saturated carbocycles. The predicted molar refractivity (Wildman–Crippen MR) is 76.0 cm³/mol. The first-order valence-electron chi connectivity index (χ1n) is 4.94. The molecule has 0 unspecified atom stereocenters. The molecular formula is C10H19Cl2N3OS. The van der Waals surface area contributed by atoms with E-state index in [-0.39, 0.29) is 36.6 Å². The van der Waals surface area contributed by atoms with Gasteiger partial charge in [0, 0.05) is 4.88 Å². The molecule has 4 nitrogen and oxygen atoms in total. The first kappa shape index (κ1) is 19.0. The summed E-state index contributed by atoms with van der Waals surface area (Å²) < 4.78 is 0. The molecule has 0 aromatic carbocycles. The van der Waals surface area contributed by atoms with Crippen LogP contribution in [0.15, 0.2) is 5.51 Å². The minimum absolute atomic E-state index is 0. The molecule has 17 heavy (non-hydrogen) atoms. The van der Waals surface area contributed by atoms with E-state index < -0.39 is 6.04 Å². The van der Waals surface area contributed by atoms with Gasteiger partial charge in [0.15, 0.2) is 0 Å². The number of thiazole rings is 1. The monoisotopic (exact) mass is 299 g/mol. The number of nitrogens with two attached hydrogens (primary N) is 1. The van der Waals surface area contributed by atoms with Crippen LogP contribution in [0.5, 0.6) is 0 Å². The average Bonchev–Trinajstić information content (AvgIpc) is 2.59. The third-order valence-electron chi connectivity index (χ3n) is 2.29. The van der Waals surface area contributed by atoms with E-state index in [2.05, 4.69) is 10.3 Å². The van der Waals surface area contributed by atoms with Crippen molar-refractivity contribution in [3.8, 4) is 0 Å². The van der Waals surface area contributed by atoms with Gasteiger partial charge in [-0.3, -0.25) is 4.79 Å². The van der Waals surface area contributed by atoms with Crippen molar-refractivity contribution in [3.63, 3.8) is 0 Å². The van der Waals surface area contributed by atoms with E-state index in [0.29, 0.717) is 6.54 Å². The van der Waals surface area contributed by atoms with E-state index in [1.54, 1.807) is 16.8 Å². The Bertz CT molecular complexity index is 344. The van der Waals surface area contributed by atoms with Crippen LogP contribution in [0, 0.1) is 12.8 Å². The van der Waals surface area contributed by atoms with Gasteiger partial charge in [0.2, 0.25) is 5.91 Å². The Morgan fingerprint density at radius 1 is 1.53 bits per heavy atom. The van der Waals surface area contributed by atoms with Crippen LogP contribution in [-0.2, 0) is 11.3 Å². The second kappa shape index (κ2) is 8.69. The molecule has 7 heteroatoms. The zero-order valence-electron chi connectivity index (χ0n) is 10.1. The Morgan fingerprint density at radius 2 is 2.12 bits per heavy atom. The smallest absolute Gasteiger partial charge is 0.237 e. The summed E-state index contributed by atoms with van der Waals surface area (Å²) in [5.41, 5.74) is 8.46. The van der Waals surface area contributed by atoms with Crippen molar-refractivity contribution < 1.29 is 4.79 Å². The molecule has 1 aromatic rings. The average molecular weight is 300 g/mol. The van der Waals surface area contributed by atoms with E-state index in [1.807, 2.05) is 20.8 Å². The number of carbonyl (C=O) groups excluding carboxylic acids is 1. The highest BCUT2D eigenvalue weighted by Gasteiger charge is 2.16. The van der Waals surface area contributed by atoms with Crippen molar-refractivity contribution in [2.45, 2.75) is 33.4 Å². The minimum Gasteiger partial charge on any atom is -0.350 e. The number of carbonyl (C=O) groups is 1. The molecule has 0 bridgehead atoms. The molecular weight excluding hydrogens is 281 g/mol. The van der Waals surface area contributed by atoms with Gasteiger partial charge in [0.1, 0.15) is 0 Å². The summed E-state index contributed by atoms with van der Waals surface area (Å²) in [7, 11) is 0. The van der Waals surface area contributed by atoms with Gasteiger partial charge in [0.05, 0.1) is 23.8 Å². The number of nitrogens with one attached hydrogen (secondary N) is 1. The highest BCUT2D eigenvalue weighted by Crippen LogP contribution is 2.11. The summed E-state index contributed by atoms with van der Waals surface area (Å²) >= 11 is 1.54. The molecule has 0 fully saturated rings. The van der Waals surface area contributed by atoms with E-state index in [9.17, 15) is 4.79 Å². The van der Waals surface area contributed by atoms with Crippen LogP contribution in [0.2, 0.25) is 0 Å². The van der Waals surface area contributed by atoms with Crippen molar-refractivity contribution in [1.82, 2.24) is 10.3 Å². The van der Waals surface area contributed by atoms with E-state index in [4.69, 9.17) is 5.73 Å². The number of hydrogen-bond donors (Lipinski definition) is 2. The third kappa shape index (κ3) is 5.68. The molecule has 1 rings (SSSR count). The van der Waals surface area contributed by atoms with Crippen LogP contribution in [0.25, 0.3) is 0 Å². The normalized spacial score (nSPS) is 11.4. The van der Waals surface area contributed by atoms with Gasteiger partial charge in [-0.15, -0.1) is 36.2 Å². The maximum atomic E-state index is 11.5. The first-order valence-corrected chi connectivity index (χ1v) is 5.82. The summed E-state index contributed by atoms with van der Waals surface area (Å²) in [5.74, 6) is 0.0605. The Kier molecular flexibility index (Phi) is 9.71. The quantitative estimate of drug-likeness (QED) is 0.892. The summed E-state index contributed by atoms with van der Waals surface area (Å²) in [5, 5.41) is 2.81. The van der Waals surface area contributed by atoms with Crippen LogP contribution in [0.3, 0.4) is 0 Å². The van der Waals surface area contributed by atoms with Crippen LogP contribution in [-0.4, -0.2) is 16.9 Å².